The molecule has 5 nitrogen and oxygen atoms in total. The Morgan fingerprint density at radius 1 is 1.04 bits per heavy atom. The summed E-state index contributed by atoms with van der Waals surface area (Å²) in [7, 11) is -3.55. The van der Waals surface area contributed by atoms with Gasteiger partial charge in [-0.25, -0.2) is 13.9 Å². The van der Waals surface area contributed by atoms with E-state index >= 15 is 0 Å². The fourth-order valence-corrected chi connectivity index (χ4v) is 4.41. The number of benzene rings is 2. The van der Waals surface area contributed by atoms with Crippen molar-refractivity contribution in [3.63, 3.8) is 0 Å². The van der Waals surface area contributed by atoms with E-state index in [1.807, 2.05) is 24.3 Å². The maximum absolute atomic E-state index is 12.8. The molecular weight excluding hydrogens is 310 g/mol. The second-order valence-electron chi connectivity index (χ2n) is 5.70. The van der Waals surface area contributed by atoms with Crippen LogP contribution in [0.25, 0.3) is 0 Å². The van der Waals surface area contributed by atoms with Crippen LogP contribution in [0, 0.1) is 5.53 Å². The summed E-state index contributed by atoms with van der Waals surface area (Å²) in [5.74, 6) is -0.0835. The zero-order valence-corrected chi connectivity index (χ0v) is 13.6. The lowest BCUT2D eigenvalue weighted by Crippen LogP contribution is -2.18. The monoisotopic (exact) mass is 329 g/mol. The Balaban J connectivity index is 1.98. The zero-order chi connectivity index (χ0) is 16.3. The topological polar surface area (TPSA) is 73.6 Å². The van der Waals surface area contributed by atoms with Crippen molar-refractivity contribution in [3.8, 4) is 0 Å². The van der Waals surface area contributed by atoms with Crippen LogP contribution in [0.4, 0.5) is 11.4 Å². The molecule has 1 aliphatic heterocycles. The normalized spacial score (nSPS) is 14.9. The van der Waals surface area contributed by atoms with Gasteiger partial charge < -0.3 is 4.90 Å². The summed E-state index contributed by atoms with van der Waals surface area (Å²) in [6, 6.07) is 14.2. The van der Waals surface area contributed by atoms with E-state index in [0.717, 1.165) is 37.2 Å². The van der Waals surface area contributed by atoms with Gasteiger partial charge in [-0.1, -0.05) is 30.3 Å². The van der Waals surface area contributed by atoms with Crippen LogP contribution in [-0.4, -0.2) is 21.5 Å². The molecule has 0 aliphatic carbocycles. The summed E-state index contributed by atoms with van der Waals surface area (Å²) < 4.78 is 25.6. The molecule has 0 radical (unpaired) electrons. The SMILES string of the molecule is N=Nc1ccc(N2CCCC2)cc1S(=O)(=O)Cc1ccccc1. The lowest BCUT2D eigenvalue weighted by molar-refractivity contribution is 0.595. The molecule has 120 valence electrons. The number of sulfone groups is 1. The van der Waals surface area contributed by atoms with Gasteiger partial charge in [-0.2, -0.15) is 5.11 Å². The lowest BCUT2D eigenvalue weighted by atomic mass is 10.2. The van der Waals surface area contributed by atoms with E-state index in [0.29, 0.717) is 0 Å². The minimum absolute atomic E-state index is 0.0835. The molecule has 2 aromatic rings. The third-order valence-electron chi connectivity index (χ3n) is 4.07. The van der Waals surface area contributed by atoms with Crippen LogP contribution in [0.15, 0.2) is 58.5 Å². The first kappa shape index (κ1) is 15.7. The Bertz CT molecular complexity index is 798. The Labute approximate surface area is 136 Å². The molecule has 23 heavy (non-hydrogen) atoms. The molecule has 0 aromatic heterocycles. The molecule has 1 aliphatic rings. The van der Waals surface area contributed by atoms with Crippen LogP contribution in [-0.2, 0) is 15.6 Å². The molecule has 0 bridgehead atoms. The van der Waals surface area contributed by atoms with E-state index in [1.54, 1.807) is 24.3 Å². The molecule has 2 aromatic carbocycles. The molecule has 1 fully saturated rings. The van der Waals surface area contributed by atoms with E-state index in [4.69, 9.17) is 5.53 Å². The summed E-state index contributed by atoms with van der Waals surface area (Å²) >= 11 is 0. The summed E-state index contributed by atoms with van der Waals surface area (Å²) in [5, 5.41) is 3.40. The smallest absolute Gasteiger partial charge is 0.184 e. The van der Waals surface area contributed by atoms with Crippen molar-refractivity contribution in [1.29, 1.82) is 5.53 Å². The van der Waals surface area contributed by atoms with Gasteiger partial charge >= 0.3 is 0 Å². The van der Waals surface area contributed by atoms with Crippen molar-refractivity contribution in [3.05, 3.63) is 54.1 Å². The van der Waals surface area contributed by atoms with Gasteiger partial charge in [-0.05, 0) is 36.6 Å². The van der Waals surface area contributed by atoms with Crippen molar-refractivity contribution in [2.75, 3.05) is 18.0 Å². The second kappa shape index (κ2) is 6.50. The average Bonchev–Trinajstić information content (AvgIpc) is 3.09. The standard InChI is InChI=1S/C17H19N3O2S/c18-19-16-9-8-15(20-10-4-5-11-20)12-17(16)23(21,22)13-14-6-2-1-3-7-14/h1-3,6-9,12,18H,4-5,10-11,13H2. The van der Waals surface area contributed by atoms with Gasteiger partial charge in [0.2, 0.25) is 0 Å². The Morgan fingerprint density at radius 2 is 1.74 bits per heavy atom. The van der Waals surface area contributed by atoms with Gasteiger partial charge in [0.25, 0.3) is 0 Å². The van der Waals surface area contributed by atoms with Gasteiger partial charge in [-0.3, -0.25) is 0 Å². The highest BCUT2D eigenvalue weighted by molar-refractivity contribution is 7.90. The summed E-state index contributed by atoms with van der Waals surface area (Å²) in [5.41, 5.74) is 9.09. The first-order valence-corrected chi connectivity index (χ1v) is 9.28. The largest absolute Gasteiger partial charge is 0.371 e. The first-order valence-electron chi connectivity index (χ1n) is 7.63. The number of anilines is 1. The molecule has 0 amide bonds. The Morgan fingerprint density at radius 3 is 2.39 bits per heavy atom. The molecular formula is C17H19N3O2S. The van der Waals surface area contributed by atoms with Crippen molar-refractivity contribution in [2.24, 2.45) is 5.11 Å². The molecule has 1 N–H and O–H groups in total. The van der Waals surface area contributed by atoms with Crippen molar-refractivity contribution in [1.82, 2.24) is 0 Å². The fraction of sp³-hybridized carbons (Fsp3) is 0.294. The van der Waals surface area contributed by atoms with Gasteiger partial charge in [0.05, 0.1) is 10.6 Å². The Kier molecular flexibility index (Phi) is 4.43. The van der Waals surface area contributed by atoms with Gasteiger partial charge in [-0.15, -0.1) is 0 Å². The molecule has 6 heteroatoms. The summed E-state index contributed by atoms with van der Waals surface area (Å²) in [6.45, 7) is 1.88. The number of nitrogens with zero attached hydrogens (tertiary/aromatic N) is 2. The van der Waals surface area contributed by atoms with Crippen LogP contribution < -0.4 is 4.90 Å². The highest BCUT2D eigenvalue weighted by Gasteiger charge is 2.22. The number of nitrogens with one attached hydrogen (secondary N) is 1. The van der Waals surface area contributed by atoms with Crippen LogP contribution in [0.1, 0.15) is 18.4 Å². The summed E-state index contributed by atoms with van der Waals surface area (Å²) in [6.07, 6.45) is 2.24. The third kappa shape index (κ3) is 3.42. The van der Waals surface area contributed by atoms with Crippen molar-refractivity contribution in [2.45, 2.75) is 23.5 Å². The van der Waals surface area contributed by atoms with Crippen LogP contribution >= 0.6 is 0 Å². The Hall–Kier alpha value is -2.21. The number of rotatable bonds is 5. The number of hydrogen-bond donors (Lipinski definition) is 1. The molecule has 0 unspecified atom stereocenters. The van der Waals surface area contributed by atoms with Crippen LogP contribution in [0.2, 0.25) is 0 Å². The van der Waals surface area contributed by atoms with Crippen LogP contribution in [0.5, 0.6) is 0 Å². The van der Waals surface area contributed by atoms with E-state index in [9.17, 15) is 8.42 Å². The van der Waals surface area contributed by atoms with Gasteiger partial charge in [0.15, 0.2) is 9.84 Å². The molecule has 1 heterocycles. The van der Waals surface area contributed by atoms with Gasteiger partial charge in [0.1, 0.15) is 5.69 Å². The molecule has 1 saturated heterocycles. The second-order valence-corrected chi connectivity index (χ2v) is 7.66. The predicted molar refractivity (Wildman–Crippen MR) is 90.0 cm³/mol. The van der Waals surface area contributed by atoms with Gasteiger partial charge in [0, 0.05) is 18.8 Å². The van der Waals surface area contributed by atoms with E-state index in [1.165, 1.54) is 0 Å². The maximum atomic E-state index is 12.8. The van der Waals surface area contributed by atoms with E-state index in [2.05, 4.69) is 10.0 Å². The van der Waals surface area contributed by atoms with E-state index in [-0.39, 0.29) is 16.3 Å². The third-order valence-corrected chi connectivity index (χ3v) is 5.78. The lowest BCUT2D eigenvalue weighted by Gasteiger charge is -2.19. The minimum Gasteiger partial charge on any atom is -0.371 e. The van der Waals surface area contributed by atoms with Crippen molar-refractivity contribution >= 4 is 21.2 Å². The maximum Gasteiger partial charge on any atom is 0.184 e. The first-order chi connectivity index (χ1) is 11.1. The zero-order valence-electron chi connectivity index (χ0n) is 12.8. The molecule has 3 rings (SSSR count). The minimum atomic E-state index is -3.55. The molecule has 0 saturated carbocycles. The van der Waals surface area contributed by atoms with Crippen molar-refractivity contribution < 1.29 is 8.42 Å². The average molecular weight is 329 g/mol. The van der Waals surface area contributed by atoms with Crippen LogP contribution in [0.3, 0.4) is 0 Å². The molecule has 0 atom stereocenters. The predicted octanol–water partition coefficient (Wildman–Crippen LogP) is 3.92. The number of hydrogen-bond acceptors (Lipinski definition) is 5. The quantitative estimate of drug-likeness (QED) is 0.845. The highest BCUT2D eigenvalue weighted by atomic mass is 32.2. The summed E-state index contributed by atoms with van der Waals surface area (Å²) in [4.78, 5) is 2.32. The van der Waals surface area contributed by atoms with E-state index < -0.39 is 9.84 Å². The fourth-order valence-electron chi connectivity index (χ4n) is 2.89. The molecule has 0 spiro atoms. The highest BCUT2D eigenvalue weighted by Crippen LogP contribution is 2.32.